The Morgan fingerprint density at radius 2 is 1.46 bits per heavy atom. The van der Waals surface area contributed by atoms with Crippen molar-refractivity contribution in [3.8, 4) is 0 Å². The summed E-state index contributed by atoms with van der Waals surface area (Å²) in [6.07, 6.45) is -0.972. The van der Waals surface area contributed by atoms with E-state index in [9.17, 15) is 23.1 Å². The Bertz CT molecular complexity index is 1490. The number of sulfonamides is 1. The number of aliphatic hydroxyl groups excluding tert-OH is 1. The van der Waals surface area contributed by atoms with Crippen molar-refractivity contribution in [1.29, 1.82) is 0 Å². The summed E-state index contributed by atoms with van der Waals surface area (Å²) < 4.78 is 34.5. The first-order valence-electron chi connectivity index (χ1n) is 11.0. The number of hydrogen-bond acceptors (Lipinski definition) is 6. The Morgan fingerprint density at radius 1 is 0.857 bits per heavy atom. The Labute approximate surface area is 201 Å². The van der Waals surface area contributed by atoms with Crippen LogP contribution < -0.4 is 4.72 Å². The van der Waals surface area contributed by atoms with Crippen LogP contribution in [0, 0.1) is 0 Å². The second-order valence-corrected chi connectivity index (χ2v) is 9.97. The molecular weight excluding hydrogens is 468 g/mol. The van der Waals surface area contributed by atoms with E-state index < -0.39 is 34.5 Å². The number of β-amino-alcohol motifs (C(OH)–C–C–N with tert-alkyl or cyclic N) is 1. The monoisotopic (exact) mass is 490 g/mol. The Kier molecular flexibility index (Phi) is 5.98. The van der Waals surface area contributed by atoms with Crippen molar-refractivity contribution in [1.82, 2.24) is 9.62 Å². The predicted molar refractivity (Wildman–Crippen MR) is 128 cm³/mol. The van der Waals surface area contributed by atoms with Gasteiger partial charge in [0.1, 0.15) is 5.58 Å². The molecule has 0 saturated carbocycles. The molecule has 8 nitrogen and oxygen atoms in total. The molecule has 178 valence electrons. The van der Waals surface area contributed by atoms with Crippen LogP contribution in [0.3, 0.4) is 0 Å². The van der Waals surface area contributed by atoms with Gasteiger partial charge in [-0.05, 0) is 23.8 Å². The molecule has 2 amide bonds. The van der Waals surface area contributed by atoms with Crippen LogP contribution in [0.15, 0.2) is 88.4 Å². The lowest BCUT2D eigenvalue weighted by Gasteiger charge is -2.18. The van der Waals surface area contributed by atoms with Gasteiger partial charge in [0.25, 0.3) is 21.8 Å². The summed E-state index contributed by atoms with van der Waals surface area (Å²) in [7, 11) is -4.15. The molecule has 0 aliphatic carbocycles. The minimum absolute atomic E-state index is 0.226. The van der Waals surface area contributed by atoms with E-state index >= 15 is 0 Å². The molecule has 2 heterocycles. The highest BCUT2D eigenvalue weighted by atomic mass is 32.2. The molecule has 3 aromatic carbocycles. The summed E-state index contributed by atoms with van der Waals surface area (Å²) in [5, 5.41) is 10.9. The van der Waals surface area contributed by atoms with Gasteiger partial charge in [-0.1, -0.05) is 60.7 Å². The van der Waals surface area contributed by atoms with Crippen LogP contribution in [0.1, 0.15) is 31.8 Å². The van der Waals surface area contributed by atoms with Crippen molar-refractivity contribution >= 4 is 32.8 Å². The van der Waals surface area contributed by atoms with Gasteiger partial charge in [-0.3, -0.25) is 14.5 Å². The summed E-state index contributed by atoms with van der Waals surface area (Å²) in [4.78, 5) is 26.0. The number of amides is 2. The molecule has 4 aromatic rings. The van der Waals surface area contributed by atoms with Crippen molar-refractivity contribution in [2.45, 2.75) is 17.6 Å². The first kappa shape index (κ1) is 23.0. The van der Waals surface area contributed by atoms with E-state index in [0.717, 1.165) is 10.5 Å². The molecular formula is C26H22N2O6S. The third-order valence-electron chi connectivity index (χ3n) is 5.91. The van der Waals surface area contributed by atoms with E-state index in [4.69, 9.17) is 4.42 Å². The van der Waals surface area contributed by atoms with Crippen molar-refractivity contribution in [2.75, 3.05) is 13.1 Å². The number of benzene rings is 3. The fourth-order valence-electron chi connectivity index (χ4n) is 4.21. The van der Waals surface area contributed by atoms with Gasteiger partial charge in [0, 0.05) is 23.9 Å². The fraction of sp³-hybridized carbons (Fsp3) is 0.154. The molecule has 2 N–H and O–H groups in total. The number of carbonyl (C=O) groups is 2. The molecule has 0 saturated heterocycles. The topological polar surface area (TPSA) is 117 Å². The minimum Gasteiger partial charge on any atom is -0.443 e. The second kappa shape index (κ2) is 9.10. The maximum Gasteiger partial charge on any atom is 0.274 e. The van der Waals surface area contributed by atoms with Gasteiger partial charge in [-0.15, -0.1) is 0 Å². The number of hydrogen-bond donors (Lipinski definition) is 2. The largest absolute Gasteiger partial charge is 0.443 e. The lowest BCUT2D eigenvalue weighted by atomic mass is 10.0. The van der Waals surface area contributed by atoms with Crippen LogP contribution in [-0.2, 0) is 16.4 Å². The highest BCUT2D eigenvalue weighted by Crippen LogP contribution is 2.31. The lowest BCUT2D eigenvalue weighted by Crippen LogP contribution is -2.42. The third kappa shape index (κ3) is 4.37. The zero-order valence-corrected chi connectivity index (χ0v) is 19.4. The van der Waals surface area contributed by atoms with Crippen molar-refractivity contribution in [2.24, 2.45) is 0 Å². The molecule has 0 fully saturated rings. The van der Waals surface area contributed by atoms with Crippen molar-refractivity contribution < 1.29 is 27.5 Å². The summed E-state index contributed by atoms with van der Waals surface area (Å²) in [5.74, 6) is -1.04. The number of carbonyl (C=O) groups excluding carboxylic acids is 2. The number of fused-ring (bicyclic) bond motifs is 2. The van der Waals surface area contributed by atoms with Crippen LogP contribution >= 0.6 is 0 Å². The van der Waals surface area contributed by atoms with Gasteiger partial charge in [0.05, 0.1) is 23.8 Å². The van der Waals surface area contributed by atoms with E-state index in [1.54, 1.807) is 42.5 Å². The number of furan rings is 1. The van der Waals surface area contributed by atoms with E-state index in [0.29, 0.717) is 23.0 Å². The van der Waals surface area contributed by atoms with E-state index in [-0.39, 0.29) is 22.8 Å². The molecule has 0 spiro atoms. The summed E-state index contributed by atoms with van der Waals surface area (Å²) >= 11 is 0. The smallest absolute Gasteiger partial charge is 0.274 e. The van der Waals surface area contributed by atoms with Crippen LogP contribution in [0.25, 0.3) is 11.0 Å². The highest BCUT2D eigenvalue weighted by molar-refractivity contribution is 7.89. The Balaban J connectivity index is 1.34. The first-order valence-corrected chi connectivity index (χ1v) is 12.5. The van der Waals surface area contributed by atoms with Gasteiger partial charge in [-0.25, -0.2) is 13.1 Å². The second-order valence-electron chi connectivity index (χ2n) is 8.30. The fourth-order valence-corrected chi connectivity index (χ4v) is 5.46. The van der Waals surface area contributed by atoms with Gasteiger partial charge in [-0.2, -0.15) is 0 Å². The van der Waals surface area contributed by atoms with E-state index in [2.05, 4.69) is 4.72 Å². The van der Waals surface area contributed by atoms with Crippen LogP contribution in [0.5, 0.6) is 0 Å². The molecule has 9 heteroatoms. The molecule has 1 aliphatic rings. The van der Waals surface area contributed by atoms with E-state index in [1.165, 1.54) is 0 Å². The standard InChI is InChI=1S/C26H22N2O6S/c29-18(16-28-24(30)20-11-4-5-12-21(20)25(28)31)15-27-35(32,33)26-22(14-17-8-2-1-3-9-17)19-10-6-7-13-23(19)34-26/h1-13,18,27,29H,14-16H2. The molecule has 1 atom stereocenters. The van der Waals surface area contributed by atoms with Crippen molar-refractivity contribution in [3.05, 3.63) is 101 Å². The first-order chi connectivity index (χ1) is 16.8. The number of para-hydroxylation sites is 1. The van der Waals surface area contributed by atoms with Crippen LogP contribution in [0.2, 0.25) is 0 Å². The van der Waals surface area contributed by atoms with Gasteiger partial charge < -0.3 is 9.52 Å². The maximum atomic E-state index is 13.2. The summed E-state index contributed by atoms with van der Waals surface area (Å²) in [5.41, 5.74) is 2.39. The normalized spacial score (nSPS) is 14.5. The SMILES string of the molecule is O=C1c2ccccc2C(=O)N1CC(O)CNS(=O)(=O)c1oc2ccccc2c1Cc1ccccc1. The minimum atomic E-state index is -4.15. The molecule has 1 unspecified atom stereocenters. The number of nitrogens with one attached hydrogen (secondary N) is 1. The molecule has 1 aromatic heterocycles. The quantitative estimate of drug-likeness (QED) is 0.367. The summed E-state index contributed by atoms with van der Waals surface area (Å²) in [6.45, 7) is -0.747. The zero-order chi connectivity index (χ0) is 24.6. The average Bonchev–Trinajstić information content (AvgIpc) is 3.35. The predicted octanol–water partition coefficient (Wildman–Crippen LogP) is 2.96. The summed E-state index contributed by atoms with van der Waals surface area (Å²) in [6, 6.07) is 22.9. The lowest BCUT2D eigenvalue weighted by molar-refractivity contribution is 0.0550. The highest BCUT2D eigenvalue weighted by Gasteiger charge is 2.36. The maximum absolute atomic E-state index is 13.2. The molecule has 0 bridgehead atoms. The number of imide groups is 1. The molecule has 5 rings (SSSR count). The number of nitrogens with zero attached hydrogens (tertiary/aromatic N) is 1. The molecule has 1 aliphatic heterocycles. The Hall–Kier alpha value is -3.79. The third-order valence-corrected chi connectivity index (χ3v) is 7.27. The molecule has 0 radical (unpaired) electrons. The number of rotatable bonds is 8. The Morgan fingerprint density at radius 3 is 2.14 bits per heavy atom. The van der Waals surface area contributed by atoms with Crippen LogP contribution in [-0.4, -0.2) is 49.4 Å². The van der Waals surface area contributed by atoms with Gasteiger partial charge in [0.2, 0.25) is 5.09 Å². The van der Waals surface area contributed by atoms with Crippen LogP contribution in [0.4, 0.5) is 0 Å². The van der Waals surface area contributed by atoms with Gasteiger partial charge >= 0.3 is 0 Å². The van der Waals surface area contributed by atoms with Gasteiger partial charge in [0.15, 0.2) is 0 Å². The number of aliphatic hydroxyl groups is 1. The van der Waals surface area contributed by atoms with E-state index in [1.807, 2.05) is 36.4 Å². The zero-order valence-electron chi connectivity index (χ0n) is 18.5. The molecule has 35 heavy (non-hydrogen) atoms. The average molecular weight is 491 g/mol. The van der Waals surface area contributed by atoms with Crippen molar-refractivity contribution in [3.63, 3.8) is 0 Å².